The molecule has 1 heterocycles. The third kappa shape index (κ3) is 4.03. The summed E-state index contributed by atoms with van der Waals surface area (Å²) < 4.78 is 1.68. The Hall–Kier alpha value is -2.85. The van der Waals surface area contributed by atoms with Crippen LogP contribution in [0.3, 0.4) is 0 Å². The number of amides is 1. The quantitative estimate of drug-likeness (QED) is 0.682. The fraction of sp³-hybridized carbons (Fsp3) is 0.143. The molecule has 0 radical (unpaired) electrons. The summed E-state index contributed by atoms with van der Waals surface area (Å²) >= 11 is 6.10. The van der Waals surface area contributed by atoms with Crippen LogP contribution in [0.1, 0.15) is 33.8 Å². The van der Waals surface area contributed by atoms with Crippen LogP contribution in [0.15, 0.2) is 72.9 Å². The third-order valence-electron chi connectivity index (χ3n) is 4.43. The lowest BCUT2D eigenvalue weighted by molar-refractivity contribution is 0.0997. The maximum absolute atomic E-state index is 11.5. The molecule has 3 aromatic rings. The lowest BCUT2D eigenvalue weighted by atomic mass is 9.88. The standard InChI is InChI=1S/C21H20ClN3O/c22-17-13-19(21(24)26)20(23)25(14-17)12-11-18(15-7-3-1-4-8-15)16-9-5-2-6-10-16/h1-10,13-14,18,23H,11-12H2,(H2,24,26). The van der Waals surface area contributed by atoms with Gasteiger partial charge < -0.3 is 10.3 Å². The van der Waals surface area contributed by atoms with Crippen molar-refractivity contribution in [2.45, 2.75) is 18.9 Å². The van der Waals surface area contributed by atoms with Crippen molar-refractivity contribution in [3.8, 4) is 0 Å². The van der Waals surface area contributed by atoms with E-state index >= 15 is 0 Å². The zero-order valence-electron chi connectivity index (χ0n) is 14.2. The van der Waals surface area contributed by atoms with E-state index in [9.17, 15) is 4.79 Å². The second-order valence-corrected chi connectivity index (χ2v) is 6.58. The minimum Gasteiger partial charge on any atom is -0.365 e. The Morgan fingerprint density at radius 3 is 2.08 bits per heavy atom. The van der Waals surface area contributed by atoms with Crippen LogP contribution < -0.4 is 11.2 Å². The van der Waals surface area contributed by atoms with E-state index in [0.717, 1.165) is 6.42 Å². The molecule has 5 heteroatoms. The number of nitrogens with one attached hydrogen (secondary N) is 1. The molecule has 1 aromatic heterocycles. The maximum Gasteiger partial charge on any atom is 0.252 e. The number of primary amides is 1. The molecule has 0 unspecified atom stereocenters. The number of halogens is 1. The second kappa shape index (κ2) is 8.02. The summed E-state index contributed by atoms with van der Waals surface area (Å²) in [5.41, 5.74) is 8.00. The summed E-state index contributed by atoms with van der Waals surface area (Å²) in [4.78, 5) is 11.5. The van der Waals surface area contributed by atoms with Gasteiger partial charge in [0.05, 0.1) is 10.6 Å². The molecule has 0 aliphatic heterocycles. The summed E-state index contributed by atoms with van der Waals surface area (Å²) in [7, 11) is 0. The van der Waals surface area contributed by atoms with Gasteiger partial charge in [0.15, 0.2) is 0 Å². The molecule has 0 aliphatic rings. The van der Waals surface area contributed by atoms with Crippen LogP contribution >= 0.6 is 11.6 Å². The van der Waals surface area contributed by atoms with Gasteiger partial charge in [0, 0.05) is 18.7 Å². The molecule has 0 fully saturated rings. The van der Waals surface area contributed by atoms with Gasteiger partial charge in [-0.25, -0.2) is 0 Å². The molecule has 0 aliphatic carbocycles. The van der Waals surface area contributed by atoms with Gasteiger partial charge in [-0.1, -0.05) is 72.3 Å². The molecule has 3 rings (SSSR count). The molecule has 132 valence electrons. The number of carbonyl (C=O) groups is 1. The highest BCUT2D eigenvalue weighted by molar-refractivity contribution is 6.30. The van der Waals surface area contributed by atoms with E-state index in [1.54, 1.807) is 10.8 Å². The van der Waals surface area contributed by atoms with Crippen LogP contribution in [0.25, 0.3) is 0 Å². The number of benzene rings is 2. The van der Waals surface area contributed by atoms with Crippen molar-refractivity contribution >= 4 is 17.5 Å². The fourth-order valence-corrected chi connectivity index (χ4v) is 3.37. The predicted molar refractivity (Wildman–Crippen MR) is 103 cm³/mol. The first-order valence-electron chi connectivity index (χ1n) is 8.40. The van der Waals surface area contributed by atoms with E-state index in [0.29, 0.717) is 11.6 Å². The topological polar surface area (TPSA) is 71.9 Å². The molecule has 0 spiro atoms. The summed E-state index contributed by atoms with van der Waals surface area (Å²) in [6.45, 7) is 0.550. The minimum absolute atomic E-state index is 0.0850. The maximum atomic E-state index is 11.5. The van der Waals surface area contributed by atoms with E-state index in [4.69, 9.17) is 22.7 Å². The summed E-state index contributed by atoms with van der Waals surface area (Å²) in [6.07, 6.45) is 2.44. The number of nitrogens with zero attached hydrogens (tertiary/aromatic N) is 1. The Morgan fingerprint density at radius 2 is 1.58 bits per heavy atom. The summed E-state index contributed by atoms with van der Waals surface area (Å²) in [5.74, 6) is -0.464. The molecule has 3 N–H and O–H groups in total. The molecule has 2 aromatic carbocycles. The number of rotatable bonds is 6. The van der Waals surface area contributed by atoms with Crippen molar-refractivity contribution in [1.82, 2.24) is 4.57 Å². The van der Waals surface area contributed by atoms with Gasteiger partial charge >= 0.3 is 0 Å². The van der Waals surface area contributed by atoms with E-state index in [2.05, 4.69) is 24.3 Å². The normalized spacial score (nSPS) is 10.8. The number of hydrogen-bond donors (Lipinski definition) is 2. The van der Waals surface area contributed by atoms with Crippen LogP contribution in [-0.2, 0) is 6.54 Å². The molecule has 0 bridgehead atoms. The third-order valence-corrected chi connectivity index (χ3v) is 4.64. The molecule has 26 heavy (non-hydrogen) atoms. The monoisotopic (exact) mass is 365 g/mol. The molecule has 0 saturated carbocycles. The van der Waals surface area contributed by atoms with E-state index in [1.165, 1.54) is 17.2 Å². The van der Waals surface area contributed by atoms with Gasteiger partial charge in [0.25, 0.3) is 5.91 Å². The summed E-state index contributed by atoms with van der Waals surface area (Å²) in [6, 6.07) is 22.0. The van der Waals surface area contributed by atoms with Crippen molar-refractivity contribution in [3.05, 3.63) is 100 Å². The molecular weight excluding hydrogens is 346 g/mol. The Morgan fingerprint density at radius 1 is 1.04 bits per heavy atom. The van der Waals surface area contributed by atoms with Crippen molar-refractivity contribution in [2.24, 2.45) is 5.73 Å². The fourth-order valence-electron chi connectivity index (χ4n) is 3.14. The SMILES string of the molecule is N=c1c(C(N)=O)cc(Cl)cn1CCC(c1ccccc1)c1ccccc1. The number of carbonyl (C=O) groups excluding carboxylic acids is 1. The summed E-state index contributed by atoms with van der Waals surface area (Å²) in [5, 5.41) is 8.62. The van der Waals surface area contributed by atoms with Crippen LogP contribution in [0, 0.1) is 5.41 Å². The molecule has 4 nitrogen and oxygen atoms in total. The predicted octanol–water partition coefficient (Wildman–Crippen LogP) is 3.94. The van der Waals surface area contributed by atoms with Crippen LogP contribution in [-0.4, -0.2) is 10.5 Å². The minimum atomic E-state index is -0.645. The van der Waals surface area contributed by atoms with Gasteiger partial charge in [0.2, 0.25) is 0 Å². The van der Waals surface area contributed by atoms with Gasteiger partial charge in [-0.15, -0.1) is 0 Å². The Kier molecular flexibility index (Phi) is 5.54. The average Bonchev–Trinajstić information content (AvgIpc) is 2.66. The first-order valence-corrected chi connectivity index (χ1v) is 8.78. The number of aryl methyl sites for hydroxylation is 1. The van der Waals surface area contributed by atoms with E-state index < -0.39 is 5.91 Å². The van der Waals surface area contributed by atoms with Crippen molar-refractivity contribution in [1.29, 1.82) is 5.41 Å². The highest BCUT2D eigenvalue weighted by Crippen LogP contribution is 2.28. The lowest BCUT2D eigenvalue weighted by Gasteiger charge is -2.19. The Labute approximate surface area is 157 Å². The van der Waals surface area contributed by atoms with Crippen molar-refractivity contribution in [3.63, 3.8) is 0 Å². The van der Waals surface area contributed by atoms with Crippen LogP contribution in [0.2, 0.25) is 5.02 Å². The number of hydrogen-bond acceptors (Lipinski definition) is 2. The highest BCUT2D eigenvalue weighted by Gasteiger charge is 2.15. The van der Waals surface area contributed by atoms with Gasteiger partial charge in [-0.3, -0.25) is 10.2 Å². The first-order chi connectivity index (χ1) is 12.6. The van der Waals surface area contributed by atoms with Crippen molar-refractivity contribution < 1.29 is 4.79 Å². The van der Waals surface area contributed by atoms with E-state index in [-0.39, 0.29) is 17.0 Å². The van der Waals surface area contributed by atoms with Crippen LogP contribution in [0.4, 0.5) is 0 Å². The number of aromatic nitrogens is 1. The smallest absolute Gasteiger partial charge is 0.252 e. The lowest BCUT2D eigenvalue weighted by Crippen LogP contribution is -2.30. The Bertz CT molecular complexity index is 912. The highest BCUT2D eigenvalue weighted by atomic mass is 35.5. The molecular formula is C21H20ClN3O. The Balaban J connectivity index is 1.92. The molecule has 1 amide bonds. The number of pyridine rings is 1. The largest absolute Gasteiger partial charge is 0.365 e. The zero-order valence-corrected chi connectivity index (χ0v) is 15.0. The molecule has 0 saturated heterocycles. The van der Waals surface area contributed by atoms with Gasteiger partial charge in [-0.05, 0) is 23.6 Å². The number of nitrogens with two attached hydrogens (primary N) is 1. The van der Waals surface area contributed by atoms with Crippen molar-refractivity contribution in [2.75, 3.05) is 0 Å². The zero-order chi connectivity index (χ0) is 18.5. The van der Waals surface area contributed by atoms with Gasteiger partial charge in [0.1, 0.15) is 5.49 Å². The van der Waals surface area contributed by atoms with Crippen LogP contribution in [0.5, 0.6) is 0 Å². The molecule has 0 atom stereocenters. The average molecular weight is 366 g/mol. The second-order valence-electron chi connectivity index (χ2n) is 6.14. The van der Waals surface area contributed by atoms with E-state index in [1.807, 2.05) is 36.4 Å². The first kappa shape index (κ1) is 18.0. The van der Waals surface area contributed by atoms with Gasteiger partial charge in [-0.2, -0.15) is 0 Å².